The fourth-order valence-corrected chi connectivity index (χ4v) is 3.33. The summed E-state index contributed by atoms with van der Waals surface area (Å²) in [6, 6.07) is 23.2. The molecule has 3 rings (SSSR count). The van der Waals surface area contributed by atoms with Gasteiger partial charge in [-0.15, -0.1) is 0 Å². The monoisotopic (exact) mass is 402 g/mol. The Morgan fingerprint density at radius 1 is 0.833 bits per heavy atom. The van der Waals surface area contributed by atoms with Gasteiger partial charge in [-0.2, -0.15) is 0 Å². The minimum absolute atomic E-state index is 0.382. The highest BCUT2D eigenvalue weighted by Crippen LogP contribution is 2.24. The Morgan fingerprint density at radius 3 is 1.97 bits per heavy atom. The highest BCUT2D eigenvalue weighted by Gasteiger charge is 2.09. The number of rotatable bonds is 9. The van der Waals surface area contributed by atoms with E-state index in [0.717, 1.165) is 23.5 Å². The molecule has 0 aromatic heterocycles. The third kappa shape index (κ3) is 5.96. The second kappa shape index (κ2) is 10.6. The van der Waals surface area contributed by atoms with E-state index in [-0.39, 0.29) is 5.97 Å². The van der Waals surface area contributed by atoms with E-state index in [1.807, 2.05) is 24.3 Å². The largest absolute Gasteiger partial charge is 0.497 e. The SMILES string of the molecule is CCC(C)CCCc1ccc(-c2ccc(OC(=O)c3ccc(OC)cc3)cc2)cc1. The molecule has 1 atom stereocenters. The number of methoxy groups -OCH3 is 1. The van der Waals surface area contributed by atoms with Gasteiger partial charge in [0.15, 0.2) is 0 Å². The zero-order valence-electron chi connectivity index (χ0n) is 18.1. The van der Waals surface area contributed by atoms with Gasteiger partial charge in [-0.3, -0.25) is 0 Å². The van der Waals surface area contributed by atoms with Crippen molar-refractivity contribution in [1.82, 2.24) is 0 Å². The fourth-order valence-electron chi connectivity index (χ4n) is 3.33. The summed E-state index contributed by atoms with van der Waals surface area (Å²) in [5.74, 6) is 1.66. The molecule has 3 aromatic rings. The molecular weight excluding hydrogens is 372 g/mol. The van der Waals surface area contributed by atoms with Crippen molar-refractivity contribution in [2.75, 3.05) is 7.11 Å². The van der Waals surface area contributed by atoms with Crippen molar-refractivity contribution in [3.63, 3.8) is 0 Å². The van der Waals surface area contributed by atoms with Crippen LogP contribution in [0.15, 0.2) is 72.8 Å². The molecule has 0 radical (unpaired) electrons. The number of aryl methyl sites for hydroxylation is 1. The second-order valence-corrected chi connectivity index (χ2v) is 7.74. The highest BCUT2D eigenvalue weighted by molar-refractivity contribution is 5.91. The lowest BCUT2D eigenvalue weighted by molar-refractivity contribution is 0.0734. The number of hydrogen-bond donors (Lipinski definition) is 0. The van der Waals surface area contributed by atoms with E-state index >= 15 is 0 Å². The highest BCUT2D eigenvalue weighted by atomic mass is 16.5. The summed E-state index contributed by atoms with van der Waals surface area (Å²) in [6.45, 7) is 4.58. The normalized spacial score (nSPS) is 11.7. The lowest BCUT2D eigenvalue weighted by Crippen LogP contribution is -2.08. The maximum Gasteiger partial charge on any atom is 0.343 e. The molecule has 0 heterocycles. The number of esters is 1. The van der Waals surface area contributed by atoms with E-state index in [1.54, 1.807) is 31.4 Å². The van der Waals surface area contributed by atoms with E-state index in [4.69, 9.17) is 9.47 Å². The molecule has 1 unspecified atom stereocenters. The van der Waals surface area contributed by atoms with Crippen LogP contribution in [0.2, 0.25) is 0 Å². The molecule has 30 heavy (non-hydrogen) atoms. The van der Waals surface area contributed by atoms with Crippen molar-refractivity contribution in [2.45, 2.75) is 39.5 Å². The molecule has 0 spiro atoms. The van der Waals surface area contributed by atoms with Gasteiger partial charge in [-0.25, -0.2) is 4.79 Å². The van der Waals surface area contributed by atoms with Crippen LogP contribution in [0, 0.1) is 5.92 Å². The number of hydrogen-bond acceptors (Lipinski definition) is 3. The van der Waals surface area contributed by atoms with Crippen LogP contribution in [0.1, 0.15) is 49.0 Å². The number of carbonyl (C=O) groups excluding carboxylic acids is 1. The molecule has 0 N–H and O–H groups in total. The minimum Gasteiger partial charge on any atom is -0.497 e. The molecule has 0 aliphatic heterocycles. The predicted molar refractivity (Wildman–Crippen MR) is 122 cm³/mol. The van der Waals surface area contributed by atoms with Crippen LogP contribution in [0.25, 0.3) is 11.1 Å². The van der Waals surface area contributed by atoms with Crippen molar-refractivity contribution in [2.24, 2.45) is 5.92 Å². The van der Waals surface area contributed by atoms with Gasteiger partial charge in [0.2, 0.25) is 0 Å². The number of carbonyl (C=O) groups is 1. The maximum atomic E-state index is 12.3. The van der Waals surface area contributed by atoms with Crippen molar-refractivity contribution in [3.05, 3.63) is 83.9 Å². The molecule has 0 saturated heterocycles. The van der Waals surface area contributed by atoms with Crippen molar-refractivity contribution < 1.29 is 14.3 Å². The van der Waals surface area contributed by atoms with E-state index < -0.39 is 0 Å². The van der Waals surface area contributed by atoms with Crippen molar-refractivity contribution in [1.29, 1.82) is 0 Å². The molecule has 0 bridgehead atoms. The average Bonchev–Trinajstić information content (AvgIpc) is 2.80. The first-order chi connectivity index (χ1) is 14.6. The first kappa shape index (κ1) is 21.6. The van der Waals surface area contributed by atoms with Crippen LogP contribution in [0.3, 0.4) is 0 Å². The van der Waals surface area contributed by atoms with Crippen LogP contribution in [-0.2, 0) is 6.42 Å². The zero-order chi connectivity index (χ0) is 21.3. The number of ether oxygens (including phenoxy) is 2. The Kier molecular flexibility index (Phi) is 7.67. The standard InChI is InChI=1S/C27H30O3/c1-4-20(2)6-5-7-21-8-10-22(11-9-21)23-12-18-26(19-13-23)30-27(28)24-14-16-25(29-3)17-15-24/h8-20H,4-7H2,1-3H3. The van der Waals surface area contributed by atoms with Crippen LogP contribution >= 0.6 is 0 Å². The van der Waals surface area contributed by atoms with Crippen LogP contribution in [0.5, 0.6) is 11.5 Å². The molecule has 3 aromatic carbocycles. The summed E-state index contributed by atoms with van der Waals surface area (Å²) in [4.78, 5) is 12.3. The zero-order valence-corrected chi connectivity index (χ0v) is 18.1. The van der Waals surface area contributed by atoms with Gasteiger partial charge in [0, 0.05) is 0 Å². The van der Waals surface area contributed by atoms with Gasteiger partial charge >= 0.3 is 5.97 Å². The summed E-state index contributed by atoms with van der Waals surface area (Å²) < 4.78 is 10.6. The van der Waals surface area contributed by atoms with Crippen molar-refractivity contribution in [3.8, 4) is 22.6 Å². The topological polar surface area (TPSA) is 35.5 Å². The third-order valence-corrected chi connectivity index (χ3v) is 5.54. The molecule has 0 aliphatic rings. The fraction of sp³-hybridized carbons (Fsp3) is 0.296. The van der Waals surface area contributed by atoms with Gasteiger partial charge in [0.05, 0.1) is 12.7 Å². The Morgan fingerprint density at radius 2 is 1.40 bits per heavy atom. The lowest BCUT2D eigenvalue weighted by atomic mass is 9.98. The summed E-state index contributed by atoms with van der Waals surface area (Å²) >= 11 is 0. The Balaban J connectivity index is 1.57. The molecule has 0 amide bonds. The van der Waals surface area contributed by atoms with Gasteiger partial charge in [0.1, 0.15) is 11.5 Å². The molecule has 0 fully saturated rings. The predicted octanol–water partition coefficient (Wildman–Crippen LogP) is 6.95. The maximum absolute atomic E-state index is 12.3. The average molecular weight is 403 g/mol. The molecule has 0 saturated carbocycles. The van der Waals surface area contributed by atoms with E-state index in [9.17, 15) is 4.79 Å². The summed E-state index contributed by atoms with van der Waals surface area (Å²) in [5, 5.41) is 0. The van der Waals surface area contributed by atoms with Crippen molar-refractivity contribution >= 4 is 5.97 Å². The second-order valence-electron chi connectivity index (χ2n) is 7.74. The van der Waals surface area contributed by atoms with Crippen LogP contribution in [-0.4, -0.2) is 13.1 Å². The lowest BCUT2D eigenvalue weighted by Gasteiger charge is -2.09. The Bertz CT molecular complexity index is 925. The van der Waals surface area contributed by atoms with Crippen LogP contribution in [0.4, 0.5) is 0 Å². The van der Waals surface area contributed by atoms with Gasteiger partial charge in [-0.1, -0.05) is 63.1 Å². The minimum atomic E-state index is -0.382. The molecule has 0 aliphatic carbocycles. The molecule has 156 valence electrons. The quantitative estimate of drug-likeness (QED) is 0.287. The first-order valence-electron chi connectivity index (χ1n) is 10.6. The number of benzene rings is 3. The summed E-state index contributed by atoms with van der Waals surface area (Å²) in [7, 11) is 1.59. The summed E-state index contributed by atoms with van der Waals surface area (Å²) in [5.41, 5.74) is 4.13. The van der Waals surface area contributed by atoms with Gasteiger partial charge in [0.25, 0.3) is 0 Å². The van der Waals surface area contributed by atoms with E-state index in [1.165, 1.54) is 24.8 Å². The Hall–Kier alpha value is -3.07. The van der Waals surface area contributed by atoms with Crippen LogP contribution < -0.4 is 9.47 Å². The van der Waals surface area contributed by atoms with E-state index in [0.29, 0.717) is 17.1 Å². The van der Waals surface area contributed by atoms with Gasteiger partial charge < -0.3 is 9.47 Å². The molecular formula is C27H30O3. The van der Waals surface area contributed by atoms with Gasteiger partial charge in [-0.05, 0) is 71.8 Å². The smallest absolute Gasteiger partial charge is 0.343 e. The first-order valence-corrected chi connectivity index (χ1v) is 10.6. The molecule has 3 nitrogen and oxygen atoms in total. The Labute approximate surface area is 179 Å². The summed E-state index contributed by atoms with van der Waals surface area (Å²) in [6.07, 6.45) is 4.91. The van der Waals surface area contributed by atoms with E-state index in [2.05, 4.69) is 38.1 Å². The third-order valence-electron chi connectivity index (χ3n) is 5.54. The molecule has 3 heteroatoms.